The molecule has 0 saturated carbocycles. The summed E-state index contributed by atoms with van der Waals surface area (Å²) in [5.74, 6) is 0.679. The van der Waals surface area contributed by atoms with Crippen molar-refractivity contribution >= 4 is 27.0 Å². The molecule has 9 heteroatoms. The molecule has 0 bridgehead atoms. The molecular weight excluding hydrogens is 406 g/mol. The van der Waals surface area contributed by atoms with Crippen LogP contribution in [0.15, 0.2) is 59.6 Å². The van der Waals surface area contributed by atoms with Gasteiger partial charge < -0.3 is 14.7 Å². The van der Waals surface area contributed by atoms with Crippen LogP contribution in [0.2, 0.25) is 0 Å². The molecule has 4 rings (SSSR count). The molecular formula is C21H23N3O5S. The van der Waals surface area contributed by atoms with Crippen LogP contribution < -0.4 is 4.74 Å². The van der Waals surface area contributed by atoms with E-state index < -0.39 is 16.1 Å². The minimum absolute atomic E-state index is 0.227. The second-order valence-electron chi connectivity index (χ2n) is 7.15. The minimum atomic E-state index is -3.72. The summed E-state index contributed by atoms with van der Waals surface area (Å²) in [5, 5.41) is 9.94. The Balaban J connectivity index is 1.70. The molecule has 1 fully saturated rings. The molecule has 0 unspecified atom stereocenters. The Bertz CT molecular complexity index is 1170. The number of benzene rings is 2. The van der Waals surface area contributed by atoms with E-state index in [-0.39, 0.29) is 4.90 Å². The van der Waals surface area contributed by atoms with Gasteiger partial charge in [0.2, 0.25) is 0 Å². The van der Waals surface area contributed by atoms with Gasteiger partial charge in [-0.3, -0.25) is 4.90 Å². The smallest absolute Gasteiger partial charge is 0.407 e. The lowest BCUT2D eigenvalue weighted by molar-refractivity contribution is 0.103. The van der Waals surface area contributed by atoms with E-state index in [1.165, 1.54) is 8.87 Å². The van der Waals surface area contributed by atoms with Gasteiger partial charge in [-0.15, -0.1) is 0 Å². The van der Waals surface area contributed by atoms with Gasteiger partial charge in [0.1, 0.15) is 5.75 Å². The highest BCUT2D eigenvalue weighted by molar-refractivity contribution is 7.90. The first-order valence-corrected chi connectivity index (χ1v) is 11.0. The molecule has 2 heterocycles. The number of amides is 1. The van der Waals surface area contributed by atoms with E-state index in [0.29, 0.717) is 44.0 Å². The number of carboxylic acid groups (broad SMARTS) is 1. The number of hydrogen-bond donors (Lipinski definition) is 1. The summed E-state index contributed by atoms with van der Waals surface area (Å²) in [5.41, 5.74) is 1.47. The van der Waals surface area contributed by atoms with Crippen LogP contribution in [0.5, 0.6) is 5.75 Å². The van der Waals surface area contributed by atoms with Crippen molar-refractivity contribution in [1.29, 1.82) is 0 Å². The van der Waals surface area contributed by atoms with Gasteiger partial charge in [-0.05, 0) is 30.3 Å². The Morgan fingerprint density at radius 1 is 1.03 bits per heavy atom. The molecule has 3 aromatic rings. The van der Waals surface area contributed by atoms with Gasteiger partial charge in [0.15, 0.2) is 0 Å². The molecule has 1 aliphatic rings. The normalized spacial score (nSPS) is 15.4. The Labute approximate surface area is 174 Å². The molecule has 30 heavy (non-hydrogen) atoms. The summed E-state index contributed by atoms with van der Waals surface area (Å²) in [6, 6.07) is 13.7. The van der Waals surface area contributed by atoms with Crippen LogP contribution in [0.3, 0.4) is 0 Å². The highest BCUT2D eigenvalue weighted by Crippen LogP contribution is 2.32. The number of methoxy groups -OCH3 is 1. The van der Waals surface area contributed by atoms with Gasteiger partial charge >= 0.3 is 6.09 Å². The topological polar surface area (TPSA) is 92.1 Å². The Morgan fingerprint density at radius 2 is 1.73 bits per heavy atom. The van der Waals surface area contributed by atoms with Crippen molar-refractivity contribution in [1.82, 2.24) is 13.8 Å². The van der Waals surface area contributed by atoms with E-state index >= 15 is 0 Å². The van der Waals surface area contributed by atoms with Crippen LogP contribution in [0.1, 0.15) is 5.56 Å². The van der Waals surface area contributed by atoms with Crippen molar-refractivity contribution in [3.8, 4) is 5.75 Å². The summed E-state index contributed by atoms with van der Waals surface area (Å²) in [7, 11) is -2.13. The minimum Gasteiger partial charge on any atom is -0.496 e. The van der Waals surface area contributed by atoms with Crippen molar-refractivity contribution in [2.24, 2.45) is 0 Å². The molecule has 0 radical (unpaired) electrons. The highest BCUT2D eigenvalue weighted by atomic mass is 32.2. The lowest BCUT2D eigenvalue weighted by Gasteiger charge is -2.33. The number of aromatic nitrogens is 1. The second-order valence-corrected chi connectivity index (χ2v) is 8.97. The van der Waals surface area contributed by atoms with E-state index in [1.807, 2.05) is 0 Å². The van der Waals surface area contributed by atoms with Crippen LogP contribution in [0.25, 0.3) is 10.9 Å². The summed E-state index contributed by atoms with van der Waals surface area (Å²) in [6.07, 6.45) is 0.663. The van der Waals surface area contributed by atoms with Gasteiger partial charge in [-0.1, -0.05) is 18.2 Å². The third-order valence-corrected chi connectivity index (χ3v) is 7.15. The summed E-state index contributed by atoms with van der Waals surface area (Å²) in [6.45, 7) is 2.64. The molecule has 1 amide bonds. The maximum atomic E-state index is 13.1. The standard InChI is InChI=1S/C21H23N3O5S/c1-29-20-8-7-19-17(18(20)15-22-11-13-23(14-12-22)21(25)26)9-10-24(19)30(27,28)16-5-3-2-4-6-16/h2-10H,11-15H2,1H3,(H,25,26). The zero-order valence-electron chi connectivity index (χ0n) is 16.6. The fourth-order valence-corrected chi connectivity index (χ4v) is 5.19. The maximum absolute atomic E-state index is 13.1. The quantitative estimate of drug-likeness (QED) is 0.671. The number of carbonyl (C=O) groups is 1. The molecule has 0 atom stereocenters. The molecule has 1 aromatic heterocycles. The summed E-state index contributed by atoms with van der Waals surface area (Å²) >= 11 is 0. The Morgan fingerprint density at radius 3 is 2.37 bits per heavy atom. The Kier molecular flexibility index (Phi) is 5.40. The van der Waals surface area contributed by atoms with Crippen LogP contribution in [0.4, 0.5) is 4.79 Å². The van der Waals surface area contributed by atoms with E-state index in [4.69, 9.17) is 9.84 Å². The first-order chi connectivity index (χ1) is 14.4. The average Bonchev–Trinajstić information content (AvgIpc) is 3.20. The monoisotopic (exact) mass is 429 g/mol. The first-order valence-electron chi connectivity index (χ1n) is 9.59. The molecule has 1 N–H and O–H groups in total. The number of nitrogens with zero attached hydrogens (tertiary/aromatic N) is 3. The zero-order valence-corrected chi connectivity index (χ0v) is 17.4. The number of ether oxygens (including phenoxy) is 1. The first kappa shape index (κ1) is 20.2. The molecule has 1 aliphatic heterocycles. The molecule has 158 valence electrons. The summed E-state index contributed by atoms with van der Waals surface area (Å²) < 4.78 is 33.1. The average molecular weight is 429 g/mol. The van der Waals surface area contributed by atoms with E-state index in [2.05, 4.69) is 4.90 Å². The number of fused-ring (bicyclic) bond motifs is 1. The number of rotatable bonds is 5. The van der Waals surface area contributed by atoms with Gasteiger partial charge in [0.25, 0.3) is 10.0 Å². The lowest BCUT2D eigenvalue weighted by Crippen LogP contribution is -2.47. The highest BCUT2D eigenvalue weighted by Gasteiger charge is 2.24. The Hall–Kier alpha value is -3.04. The molecule has 1 saturated heterocycles. The van der Waals surface area contributed by atoms with Crippen molar-refractivity contribution in [2.45, 2.75) is 11.4 Å². The SMILES string of the molecule is COc1ccc2c(ccn2S(=O)(=O)c2ccccc2)c1CN1CCN(C(=O)O)CC1. The van der Waals surface area contributed by atoms with Crippen molar-refractivity contribution in [3.05, 3.63) is 60.3 Å². The predicted octanol–water partition coefficient (Wildman–Crippen LogP) is 2.68. The van der Waals surface area contributed by atoms with E-state index in [0.717, 1.165) is 10.9 Å². The van der Waals surface area contributed by atoms with Gasteiger partial charge in [0, 0.05) is 49.9 Å². The van der Waals surface area contributed by atoms with Crippen LogP contribution in [-0.2, 0) is 16.6 Å². The molecule has 8 nitrogen and oxygen atoms in total. The van der Waals surface area contributed by atoms with Gasteiger partial charge in [0.05, 0.1) is 17.5 Å². The van der Waals surface area contributed by atoms with Gasteiger partial charge in [-0.2, -0.15) is 0 Å². The van der Waals surface area contributed by atoms with E-state index in [1.54, 1.807) is 61.8 Å². The third kappa shape index (κ3) is 3.61. The van der Waals surface area contributed by atoms with Crippen molar-refractivity contribution in [3.63, 3.8) is 0 Å². The third-order valence-electron chi connectivity index (χ3n) is 5.45. The van der Waals surface area contributed by atoms with Crippen LogP contribution in [-0.4, -0.2) is 66.7 Å². The largest absolute Gasteiger partial charge is 0.496 e. The zero-order chi connectivity index (χ0) is 21.3. The van der Waals surface area contributed by atoms with Crippen molar-refractivity contribution in [2.75, 3.05) is 33.3 Å². The molecule has 0 spiro atoms. The van der Waals surface area contributed by atoms with Gasteiger partial charge in [-0.25, -0.2) is 17.2 Å². The fourth-order valence-electron chi connectivity index (χ4n) is 3.82. The molecule has 2 aromatic carbocycles. The second kappa shape index (κ2) is 8.00. The van der Waals surface area contributed by atoms with Crippen LogP contribution >= 0.6 is 0 Å². The summed E-state index contributed by atoms with van der Waals surface area (Å²) in [4.78, 5) is 14.9. The number of hydrogen-bond acceptors (Lipinski definition) is 5. The number of piperazine rings is 1. The molecule has 0 aliphatic carbocycles. The van der Waals surface area contributed by atoms with E-state index in [9.17, 15) is 13.2 Å². The van der Waals surface area contributed by atoms with Crippen molar-refractivity contribution < 1.29 is 23.1 Å². The predicted molar refractivity (Wildman–Crippen MR) is 112 cm³/mol. The fraction of sp³-hybridized carbons (Fsp3) is 0.286. The maximum Gasteiger partial charge on any atom is 0.407 e. The lowest BCUT2D eigenvalue weighted by atomic mass is 10.1. The van der Waals surface area contributed by atoms with Crippen LogP contribution in [0, 0.1) is 0 Å².